The number of fused-ring (bicyclic) bond motifs is 3. The maximum absolute atomic E-state index is 13.8. The van der Waals surface area contributed by atoms with Gasteiger partial charge in [-0.15, -0.1) is 0 Å². The number of ether oxygens (including phenoxy) is 1. The van der Waals surface area contributed by atoms with Crippen LogP contribution in [0.2, 0.25) is 0 Å². The Morgan fingerprint density at radius 2 is 1.85 bits per heavy atom. The number of nitrogens with one attached hydrogen (secondary N) is 2. The Balaban J connectivity index is 1.21. The van der Waals surface area contributed by atoms with Gasteiger partial charge in [-0.1, -0.05) is 18.2 Å². The highest BCUT2D eigenvalue weighted by Crippen LogP contribution is 2.47. The molecule has 46 heavy (non-hydrogen) atoms. The van der Waals surface area contributed by atoms with Crippen molar-refractivity contribution in [3.8, 4) is 0 Å². The van der Waals surface area contributed by atoms with Gasteiger partial charge in [0.05, 0.1) is 23.7 Å². The van der Waals surface area contributed by atoms with Crippen LogP contribution >= 0.6 is 0 Å². The van der Waals surface area contributed by atoms with Gasteiger partial charge in [0, 0.05) is 57.0 Å². The predicted molar refractivity (Wildman–Crippen MR) is 173 cm³/mol. The zero-order valence-electron chi connectivity index (χ0n) is 26.3. The number of carbonyl (C=O) groups is 3. The van der Waals surface area contributed by atoms with E-state index in [1.807, 2.05) is 55.2 Å². The van der Waals surface area contributed by atoms with E-state index in [1.54, 1.807) is 30.4 Å². The van der Waals surface area contributed by atoms with E-state index in [9.17, 15) is 14.4 Å². The van der Waals surface area contributed by atoms with E-state index < -0.39 is 17.4 Å². The lowest BCUT2D eigenvalue weighted by Gasteiger charge is -2.25. The van der Waals surface area contributed by atoms with Gasteiger partial charge in [-0.3, -0.25) is 24.0 Å². The van der Waals surface area contributed by atoms with E-state index in [0.29, 0.717) is 44.8 Å². The number of hydrogen-bond acceptors (Lipinski definition) is 7. The summed E-state index contributed by atoms with van der Waals surface area (Å²) in [5.74, 6) is -0.135. The number of likely N-dealkylation sites (N-methyl/N-ethyl adjacent to an activating group) is 1. The number of benzene rings is 1. The fourth-order valence-electron chi connectivity index (χ4n) is 7.10. The molecule has 0 saturated carbocycles. The first-order valence-electron chi connectivity index (χ1n) is 15.7. The third-order valence-corrected chi connectivity index (χ3v) is 9.45. The molecule has 2 unspecified atom stereocenters. The quantitative estimate of drug-likeness (QED) is 0.352. The molecule has 1 aromatic carbocycles. The van der Waals surface area contributed by atoms with E-state index in [1.165, 1.54) is 0 Å². The second-order valence-corrected chi connectivity index (χ2v) is 12.7. The first-order chi connectivity index (χ1) is 22.2. The first kappa shape index (κ1) is 29.8. The van der Waals surface area contributed by atoms with Crippen molar-refractivity contribution in [2.45, 2.75) is 50.5 Å². The smallest absolute Gasteiger partial charge is 0.270 e. The number of pyridine rings is 2. The molecule has 3 aliphatic rings. The summed E-state index contributed by atoms with van der Waals surface area (Å²) in [5, 5.41) is 11.3. The molecule has 3 amide bonds. The van der Waals surface area contributed by atoms with Crippen molar-refractivity contribution in [3.63, 3.8) is 0 Å². The molecule has 5 bridgehead atoms. The van der Waals surface area contributed by atoms with Crippen LogP contribution in [-0.4, -0.2) is 75.2 Å². The topological polar surface area (TPSA) is 131 Å². The van der Waals surface area contributed by atoms with E-state index >= 15 is 0 Å². The minimum absolute atomic E-state index is 0.102. The third kappa shape index (κ3) is 5.34. The van der Waals surface area contributed by atoms with E-state index in [2.05, 4.69) is 25.7 Å². The van der Waals surface area contributed by atoms with Gasteiger partial charge in [0.1, 0.15) is 17.6 Å². The summed E-state index contributed by atoms with van der Waals surface area (Å²) in [7, 11) is 3.68. The molecule has 2 N–H and O–H groups in total. The molecule has 5 heterocycles. The first-order valence-corrected chi connectivity index (χ1v) is 15.7. The summed E-state index contributed by atoms with van der Waals surface area (Å²) in [6, 6.07) is 7.05. The van der Waals surface area contributed by atoms with Gasteiger partial charge < -0.3 is 20.3 Å². The molecule has 1 spiro atoms. The Labute approximate surface area is 267 Å². The van der Waals surface area contributed by atoms with Crippen molar-refractivity contribution >= 4 is 40.5 Å². The molecule has 4 aromatic rings. The Hall–Kier alpha value is -4.90. The van der Waals surface area contributed by atoms with Crippen LogP contribution in [0, 0.1) is 6.92 Å². The molecule has 0 radical (unpaired) electrons. The summed E-state index contributed by atoms with van der Waals surface area (Å²) >= 11 is 0. The minimum Gasteiger partial charge on any atom is -0.377 e. The number of carbonyl (C=O) groups excluding carboxylic acids is 3. The molecule has 1 aliphatic carbocycles. The number of amides is 3. The van der Waals surface area contributed by atoms with Crippen LogP contribution in [0.25, 0.3) is 17.0 Å². The van der Waals surface area contributed by atoms with Crippen molar-refractivity contribution in [1.82, 2.24) is 30.0 Å². The van der Waals surface area contributed by atoms with Crippen LogP contribution in [0.1, 0.15) is 56.7 Å². The highest BCUT2D eigenvalue weighted by molar-refractivity contribution is 6.06. The standard InChI is InChI=1S/C35H37N7O4/c1-21-11-23(12-25-20-38-42(3)30(21)25)14-29-33(44)41(2)8-4-5-9-46-10-6-7-22-13-27-31(37-18-22)40-34(45)35(27)16-24-15-28(32(43)39-29)36-19-26(24)17-35/h6-7,11-13,15,18-20,29H,4-5,8-10,14,16-17H2,1-3H3,(H,39,43)(H,37,40,45). The SMILES string of the molecule is Cc1cc(CC2NC(=O)c3cc4c(cn3)CC3(C4)C(=O)Nc4ncc(cc43)C=CCOCCCCN(C)C2=O)cc2cnn(C)c12. The zero-order chi connectivity index (χ0) is 32.0. The fourth-order valence-corrected chi connectivity index (χ4v) is 7.10. The van der Waals surface area contributed by atoms with Gasteiger partial charge >= 0.3 is 0 Å². The van der Waals surface area contributed by atoms with E-state index in [0.717, 1.165) is 57.1 Å². The number of nitrogens with zero attached hydrogens (tertiary/aromatic N) is 5. The highest BCUT2D eigenvalue weighted by atomic mass is 16.5. The van der Waals surface area contributed by atoms with Crippen LogP contribution < -0.4 is 10.6 Å². The van der Waals surface area contributed by atoms with Gasteiger partial charge in [0.2, 0.25) is 11.8 Å². The lowest BCUT2D eigenvalue weighted by Crippen LogP contribution is -2.49. The molecule has 0 saturated heterocycles. The van der Waals surface area contributed by atoms with Crippen LogP contribution in [0.5, 0.6) is 0 Å². The van der Waals surface area contributed by atoms with Crippen LogP contribution in [0.3, 0.4) is 0 Å². The van der Waals surface area contributed by atoms with Crippen molar-refractivity contribution in [2.24, 2.45) is 7.05 Å². The summed E-state index contributed by atoms with van der Waals surface area (Å²) in [5.41, 5.74) is 5.96. The Morgan fingerprint density at radius 1 is 1.00 bits per heavy atom. The van der Waals surface area contributed by atoms with Gasteiger partial charge in [0.25, 0.3) is 5.91 Å². The van der Waals surface area contributed by atoms with Crippen LogP contribution in [-0.2, 0) is 46.1 Å². The molecule has 7 rings (SSSR count). The van der Waals surface area contributed by atoms with Gasteiger partial charge in [0.15, 0.2) is 0 Å². The van der Waals surface area contributed by atoms with Gasteiger partial charge in [-0.05, 0) is 78.6 Å². The van der Waals surface area contributed by atoms with Crippen molar-refractivity contribution in [1.29, 1.82) is 0 Å². The second kappa shape index (κ2) is 11.8. The molecular weight excluding hydrogens is 582 g/mol. The molecule has 0 fully saturated rings. The van der Waals surface area contributed by atoms with E-state index in [4.69, 9.17) is 4.74 Å². The maximum Gasteiger partial charge on any atom is 0.270 e. The molecule has 236 valence electrons. The molecule has 11 nitrogen and oxygen atoms in total. The largest absolute Gasteiger partial charge is 0.377 e. The zero-order valence-corrected chi connectivity index (χ0v) is 26.3. The summed E-state index contributed by atoms with van der Waals surface area (Å²) in [6.45, 7) is 3.56. The highest BCUT2D eigenvalue weighted by Gasteiger charge is 2.51. The van der Waals surface area contributed by atoms with Crippen LogP contribution in [0.4, 0.5) is 5.82 Å². The monoisotopic (exact) mass is 619 g/mol. The lowest BCUT2D eigenvalue weighted by molar-refractivity contribution is -0.132. The van der Waals surface area contributed by atoms with Crippen molar-refractivity contribution in [3.05, 3.63) is 88.0 Å². The van der Waals surface area contributed by atoms with Crippen molar-refractivity contribution < 1.29 is 19.1 Å². The lowest BCUT2D eigenvalue weighted by atomic mass is 9.79. The average molecular weight is 620 g/mol. The van der Waals surface area contributed by atoms with Crippen LogP contribution in [0.15, 0.2) is 48.9 Å². The summed E-state index contributed by atoms with van der Waals surface area (Å²) in [4.78, 5) is 51.7. The number of anilines is 1. The van der Waals surface area contributed by atoms with Gasteiger partial charge in [-0.25, -0.2) is 4.98 Å². The molecule has 2 atom stereocenters. The normalized spacial score (nSPS) is 21.8. The molecule has 3 aromatic heterocycles. The summed E-state index contributed by atoms with van der Waals surface area (Å²) in [6.07, 6.45) is 11.9. The Bertz CT molecular complexity index is 1910. The van der Waals surface area contributed by atoms with E-state index in [-0.39, 0.29) is 17.5 Å². The predicted octanol–water partition coefficient (Wildman–Crippen LogP) is 3.28. The molecular formula is C35H37N7O4. The number of rotatable bonds is 2. The number of aryl methyl sites for hydroxylation is 2. The molecule has 2 aliphatic heterocycles. The molecule has 11 heteroatoms. The number of aromatic nitrogens is 4. The Kier molecular flexibility index (Phi) is 7.64. The number of hydrogen-bond donors (Lipinski definition) is 2. The van der Waals surface area contributed by atoms with Gasteiger partial charge in [-0.2, -0.15) is 5.10 Å². The third-order valence-electron chi connectivity index (χ3n) is 9.45. The minimum atomic E-state index is -0.815. The fraction of sp³-hybridized carbons (Fsp3) is 0.371. The van der Waals surface area contributed by atoms with Crippen molar-refractivity contribution in [2.75, 3.05) is 32.1 Å². The second-order valence-electron chi connectivity index (χ2n) is 12.7. The maximum atomic E-state index is 13.8. The Morgan fingerprint density at radius 3 is 2.72 bits per heavy atom. The summed E-state index contributed by atoms with van der Waals surface area (Å²) < 4.78 is 7.65. The average Bonchev–Trinajstić information content (AvgIpc) is 3.69.